The molecule has 1 aliphatic rings. The van der Waals surface area contributed by atoms with Gasteiger partial charge in [-0.2, -0.15) is 5.10 Å². The van der Waals surface area contributed by atoms with Crippen LogP contribution in [0.5, 0.6) is 0 Å². The van der Waals surface area contributed by atoms with E-state index >= 15 is 0 Å². The predicted molar refractivity (Wildman–Crippen MR) is 143 cm³/mol. The first-order chi connectivity index (χ1) is 19.3. The van der Waals surface area contributed by atoms with E-state index in [4.69, 9.17) is 0 Å². The number of nitrogens with zero attached hydrogens (tertiary/aromatic N) is 6. The van der Waals surface area contributed by atoms with E-state index in [1.165, 1.54) is 46.0 Å². The van der Waals surface area contributed by atoms with Gasteiger partial charge in [0.15, 0.2) is 5.65 Å². The second kappa shape index (κ2) is 10.2. The molecule has 11 heteroatoms. The molecule has 0 aliphatic carbocycles. The monoisotopic (exact) mass is 544 g/mol. The second-order valence-corrected chi connectivity index (χ2v) is 10.1. The van der Waals surface area contributed by atoms with Gasteiger partial charge in [-0.05, 0) is 66.9 Å². The number of halogens is 2. The van der Waals surface area contributed by atoms with E-state index in [9.17, 15) is 23.5 Å². The van der Waals surface area contributed by atoms with Gasteiger partial charge in [-0.15, -0.1) is 0 Å². The largest absolute Gasteiger partial charge is 0.388 e. The summed E-state index contributed by atoms with van der Waals surface area (Å²) in [4.78, 5) is 32.6. The van der Waals surface area contributed by atoms with Gasteiger partial charge < -0.3 is 14.6 Å². The molecule has 0 radical (unpaired) electrons. The minimum atomic E-state index is -1.20. The average Bonchev–Trinajstić information content (AvgIpc) is 3.58. The summed E-state index contributed by atoms with van der Waals surface area (Å²) in [6.45, 7) is 1.01. The van der Waals surface area contributed by atoms with E-state index < -0.39 is 5.60 Å². The van der Waals surface area contributed by atoms with Crippen LogP contribution in [0.15, 0.2) is 84.2 Å². The van der Waals surface area contributed by atoms with Crippen molar-refractivity contribution >= 4 is 16.9 Å². The van der Waals surface area contributed by atoms with E-state index in [0.29, 0.717) is 36.7 Å². The first-order valence-corrected chi connectivity index (χ1v) is 12.9. The highest BCUT2D eigenvalue weighted by atomic mass is 19.1. The van der Waals surface area contributed by atoms with Crippen molar-refractivity contribution in [2.45, 2.75) is 31.5 Å². The van der Waals surface area contributed by atoms with Crippen molar-refractivity contribution < 1.29 is 18.7 Å². The smallest absolute Gasteiger partial charge is 0.270 e. The molecule has 1 amide bonds. The molecule has 9 nitrogen and oxygen atoms in total. The van der Waals surface area contributed by atoms with Crippen molar-refractivity contribution in [1.29, 1.82) is 0 Å². The first kappa shape index (κ1) is 25.6. The van der Waals surface area contributed by atoms with Crippen LogP contribution in [-0.4, -0.2) is 58.5 Å². The Labute approximate surface area is 227 Å². The third-order valence-electron chi connectivity index (χ3n) is 7.36. The van der Waals surface area contributed by atoms with Crippen LogP contribution in [0.4, 0.5) is 8.78 Å². The van der Waals surface area contributed by atoms with Crippen LogP contribution in [0.2, 0.25) is 0 Å². The molecule has 1 fully saturated rings. The lowest BCUT2D eigenvalue weighted by Crippen LogP contribution is -2.50. The number of piperidine rings is 1. The Morgan fingerprint density at radius 1 is 0.975 bits per heavy atom. The van der Waals surface area contributed by atoms with Gasteiger partial charge in [0.05, 0.1) is 24.0 Å². The van der Waals surface area contributed by atoms with Gasteiger partial charge >= 0.3 is 0 Å². The quantitative estimate of drug-likeness (QED) is 0.354. The highest BCUT2D eigenvalue weighted by Gasteiger charge is 2.35. The van der Waals surface area contributed by atoms with Crippen LogP contribution in [0.25, 0.3) is 16.7 Å². The van der Waals surface area contributed by atoms with E-state index in [-0.39, 0.29) is 47.9 Å². The number of hydrogen-bond acceptors (Lipinski definition) is 5. The summed E-state index contributed by atoms with van der Waals surface area (Å²) < 4.78 is 31.5. The Morgan fingerprint density at radius 2 is 1.75 bits per heavy atom. The van der Waals surface area contributed by atoms with E-state index in [1.54, 1.807) is 52.1 Å². The maximum Gasteiger partial charge on any atom is 0.270 e. The molecule has 3 aromatic heterocycles. The predicted octanol–water partition coefficient (Wildman–Crippen LogP) is 3.38. The molecule has 6 rings (SSSR count). The van der Waals surface area contributed by atoms with Gasteiger partial charge in [0.2, 0.25) is 0 Å². The van der Waals surface area contributed by atoms with Crippen molar-refractivity contribution in [2.75, 3.05) is 13.1 Å². The van der Waals surface area contributed by atoms with Crippen LogP contribution in [0.1, 0.15) is 28.9 Å². The molecule has 1 N–H and O–H groups in total. The molecule has 0 atom stereocenters. The number of benzene rings is 2. The van der Waals surface area contributed by atoms with Gasteiger partial charge in [-0.25, -0.2) is 18.4 Å². The van der Waals surface area contributed by atoms with Gasteiger partial charge in [0.1, 0.15) is 29.0 Å². The van der Waals surface area contributed by atoms with Crippen LogP contribution in [0.3, 0.4) is 0 Å². The molecule has 40 heavy (non-hydrogen) atoms. The van der Waals surface area contributed by atoms with Crippen LogP contribution in [-0.2, 0) is 13.1 Å². The highest BCUT2D eigenvalue weighted by molar-refractivity contribution is 5.93. The zero-order chi connectivity index (χ0) is 27.9. The molecule has 4 heterocycles. The minimum absolute atomic E-state index is 0.0223. The molecule has 0 bridgehead atoms. The normalized spacial score (nSPS) is 15.0. The number of fused-ring (bicyclic) bond motifs is 1. The number of carbonyl (C=O) groups is 1. The SMILES string of the molecule is O=C(c1cccn1Cc1cccc(F)c1)N1CCC(O)(Cn2cnc3c(cnn3-c3ccc(F)cc3)c2=O)CC1. The highest BCUT2D eigenvalue weighted by Crippen LogP contribution is 2.26. The van der Waals surface area contributed by atoms with Crippen LogP contribution >= 0.6 is 0 Å². The Bertz CT molecular complexity index is 1750. The minimum Gasteiger partial charge on any atom is -0.388 e. The standard InChI is InChI=1S/C29H26F2N6O3/c30-21-6-8-23(9-7-21)37-26-24(16-33-37)27(38)36(19-32-26)18-29(40)10-13-34(14-11-29)28(39)25-5-2-12-35(25)17-20-3-1-4-22(31)15-20/h1-9,12,15-16,19,40H,10-11,13-14,17-18H2. The number of hydrogen-bond donors (Lipinski definition) is 1. The van der Waals surface area contributed by atoms with Gasteiger partial charge in [0, 0.05) is 25.8 Å². The maximum absolute atomic E-state index is 13.6. The second-order valence-electron chi connectivity index (χ2n) is 10.1. The van der Waals surface area contributed by atoms with Gasteiger partial charge in [-0.1, -0.05) is 12.1 Å². The molecule has 0 spiro atoms. The van der Waals surface area contributed by atoms with Crippen molar-refractivity contribution in [1.82, 2.24) is 28.8 Å². The number of rotatable bonds is 6. The molecule has 0 unspecified atom stereocenters. The first-order valence-electron chi connectivity index (χ1n) is 12.9. The summed E-state index contributed by atoms with van der Waals surface area (Å²) in [5.41, 5.74) is 0.587. The number of aromatic nitrogens is 5. The van der Waals surface area contributed by atoms with E-state index in [2.05, 4.69) is 10.1 Å². The summed E-state index contributed by atoms with van der Waals surface area (Å²) in [7, 11) is 0. The van der Waals surface area contributed by atoms with Crippen molar-refractivity contribution in [3.05, 3.63) is 113 Å². The van der Waals surface area contributed by atoms with E-state index in [1.807, 2.05) is 0 Å². The fraction of sp³-hybridized carbons (Fsp3) is 0.241. The third kappa shape index (κ3) is 4.91. The molecular formula is C29H26F2N6O3. The Balaban J connectivity index is 1.14. The maximum atomic E-state index is 13.6. The average molecular weight is 545 g/mol. The lowest BCUT2D eigenvalue weighted by Gasteiger charge is -2.38. The molecule has 0 saturated carbocycles. The van der Waals surface area contributed by atoms with Gasteiger partial charge in [-0.3, -0.25) is 14.2 Å². The topological polar surface area (TPSA) is 98.2 Å². The summed E-state index contributed by atoms with van der Waals surface area (Å²) in [5.74, 6) is -0.880. The zero-order valence-electron chi connectivity index (χ0n) is 21.5. The number of carbonyl (C=O) groups excluding carboxylic acids is 1. The molecular weight excluding hydrogens is 518 g/mol. The fourth-order valence-corrected chi connectivity index (χ4v) is 5.17. The summed E-state index contributed by atoms with van der Waals surface area (Å²) in [6.07, 6.45) is 5.13. The summed E-state index contributed by atoms with van der Waals surface area (Å²) in [6, 6.07) is 15.5. The van der Waals surface area contributed by atoms with Crippen LogP contribution in [0, 0.1) is 11.6 Å². The summed E-state index contributed by atoms with van der Waals surface area (Å²) in [5, 5.41) is 15.8. The Kier molecular flexibility index (Phi) is 6.51. The van der Waals surface area contributed by atoms with Crippen molar-refractivity contribution in [3.63, 3.8) is 0 Å². The Morgan fingerprint density at radius 3 is 2.50 bits per heavy atom. The molecule has 2 aromatic carbocycles. The summed E-state index contributed by atoms with van der Waals surface area (Å²) >= 11 is 0. The van der Waals surface area contributed by atoms with E-state index in [0.717, 1.165) is 5.56 Å². The molecule has 204 valence electrons. The third-order valence-corrected chi connectivity index (χ3v) is 7.36. The lowest BCUT2D eigenvalue weighted by atomic mass is 9.91. The Hall–Kier alpha value is -4.64. The number of likely N-dealkylation sites (tertiary alicyclic amines) is 1. The van der Waals surface area contributed by atoms with Crippen molar-refractivity contribution in [2.24, 2.45) is 0 Å². The number of aliphatic hydroxyl groups is 1. The molecule has 1 saturated heterocycles. The molecule has 1 aliphatic heterocycles. The fourth-order valence-electron chi connectivity index (χ4n) is 5.17. The zero-order valence-corrected chi connectivity index (χ0v) is 21.5. The van der Waals surface area contributed by atoms with Crippen molar-refractivity contribution in [3.8, 4) is 5.69 Å². The van der Waals surface area contributed by atoms with Gasteiger partial charge in [0.25, 0.3) is 11.5 Å². The lowest BCUT2D eigenvalue weighted by molar-refractivity contribution is -0.0301. The van der Waals surface area contributed by atoms with Crippen LogP contribution < -0.4 is 5.56 Å². The molecule has 5 aromatic rings. The number of amides is 1.